The number of amides is 1. The van der Waals surface area contributed by atoms with E-state index in [2.05, 4.69) is 9.88 Å². The Morgan fingerprint density at radius 2 is 1.60 bits per heavy atom. The van der Waals surface area contributed by atoms with Crippen LogP contribution >= 0.6 is 0 Å². The summed E-state index contributed by atoms with van der Waals surface area (Å²) < 4.78 is 13.3. The predicted octanol–water partition coefficient (Wildman–Crippen LogP) is 3.66. The van der Waals surface area contributed by atoms with Crippen LogP contribution in [-0.2, 0) is 10.2 Å². The quantitative estimate of drug-likeness (QED) is 0.668. The lowest BCUT2D eigenvalue weighted by Gasteiger charge is -2.37. The van der Waals surface area contributed by atoms with Gasteiger partial charge in [-0.05, 0) is 36.6 Å². The molecule has 30 heavy (non-hydrogen) atoms. The van der Waals surface area contributed by atoms with Crippen LogP contribution in [0.25, 0.3) is 11.4 Å². The number of rotatable bonds is 4. The van der Waals surface area contributed by atoms with Crippen LogP contribution in [0.3, 0.4) is 0 Å². The van der Waals surface area contributed by atoms with Crippen LogP contribution < -0.4 is 4.90 Å². The molecule has 5 rings (SSSR count). The summed E-state index contributed by atoms with van der Waals surface area (Å²) in [5, 5.41) is 0. The van der Waals surface area contributed by atoms with E-state index < -0.39 is 5.41 Å². The lowest BCUT2D eigenvalue weighted by Crippen LogP contribution is -2.51. The highest BCUT2D eigenvalue weighted by Gasteiger charge is 2.53. The number of carbonyl (C=O) groups is 1. The first-order chi connectivity index (χ1) is 14.7. The highest BCUT2D eigenvalue weighted by atomic mass is 19.1. The van der Waals surface area contributed by atoms with Gasteiger partial charge in [0.2, 0.25) is 5.91 Å². The summed E-state index contributed by atoms with van der Waals surface area (Å²) >= 11 is 0. The van der Waals surface area contributed by atoms with Gasteiger partial charge in [0.25, 0.3) is 0 Å². The van der Waals surface area contributed by atoms with Gasteiger partial charge in [-0.25, -0.2) is 14.4 Å². The Morgan fingerprint density at radius 3 is 2.27 bits per heavy atom. The minimum Gasteiger partial charge on any atom is -0.353 e. The van der Waals surface area contributed by atoms with Crippen molar-refractivity contribution in [2.45, 2.75) is 18.3 Å². The molecule has 2 fully saturated rings. The number of aromatic nitrogens is 2. The van der Waals surface area contributed by atoms with Gasteiger partial charge >= 0.3 is 0 Å². The molecule has 1 aromatic heterocycles. The van der Waals surface area contributed by atoms with E-state index >= 15 is 0 Å². The Kier molecular flexibility index (Phi) is 4.69. The summed E-state index contributed by atoms with van der Waals surface area (Å²) in [5.41, 5.74) is 1.47. The number of nitrogens with zero attached hydrogens (tertiary/aromatic N) is 4. The average molecular weight is 402 g/mol. The molecule has 1 aliphatic carbocycles. The smallest absolute Gasteiger partial charge is 0.233 e. The zero-order valence-electron chi connectivity index (χ0n) is 16.7. The summed E-state index contributed by atoms with van der Waals surface area (Å²) in [6, 6.07) is 18.2. The molecule has 1 saturated carbocycles. The van der Waals surface area contributed by atoms with E-state index in [1.807, 2.05) is 41.3 Å². The van der Waals surface area contributed by atoms with E-state index in [-0.39, 0.29) is 11.7 Å². The Bertz CT molecular complexity index is 1040. The third-order valence-corrected chi connectivity index (χ3v) is 6.12. The molecule has 0 N–H and O–H groups in total. The lowest BCUT2D eigenvalue weighted by molar-refractivity contribution is -0.134. The van der Waals surface area contributed by atoms with Gasteiger partial charge < -0.3 is 9.80 Å². The summed E-state index contributed by atoms with van der Waals surface area (Å²) in [6.45, 7) is 2.78. The number of carbonyl (C=O) groups excluding carboxylic acids is 1. The predicted molar refractivity (Wildman–Crippen MR) is 114 cm³/mol. The molecule has 2 aromatic carbocycles. The third-order valence-electron chi connectivity index (χ3n) is 6.12. The maximum Gasteiger partial charge on any atom is 0.233 e. The highest BCUT2D eigenvalue weighted by molar-refractivity contribution is 5.91. The van der Waals surface area contributed by atoms with Crippen LogP contribution in [0, 0.1) is 5.82 Å². The number of benzene rings is 2. The highest BCUT2D eigenvalue weighted by Crippen LogP contribution is 2.49. The molecular formula is C24H23FN4O. The Morgan fingerprint density at radius 1 is 0.900 bits per heavy atom. The monoisotopic (exact) mass is 402 g/mol. The molecule has 3 aromatic rings. The Balaban J connectivity index is 1.27. The van der Waals surface area contributed by atoms with E-state index in [0.29, 0.717) is 18.9 Å². The van der Waals surface area contributed by atoms with Gasteiger partial charge in [0.05, 0.1) is 5.41 Å². The topological polar surface area (TPSA) is 49.3 Å². The molecule has 0 spiro atoms. The lowest BCUT2D eigenvalue weighted by atomic mass is 9.94. The van der Waals surface area contributed by atoms with Crippen molar-refractivity contribution >= 4 is 11.7 Å². The molecule has 1 aliphatic heterocycles. The number of piperazine rings is 1. The van der Waals surface area contributed by atoms with Crippen molar-refractivity contribution in [2.75, 3.05) is 31.1 Å². The molecule has 2 aliphatic rings. The fourth-order valence-electron chi connectivity index (χ4n) is 4.21. The molecule has 152 valence electrons. The molecule has 0 atom stereocenters. The van der Waals surface area contributed by atoms with Crippen molar-refractivity contribution in [3.8, 4) is 11.4 Å². The first-order valence-electron chi connectivity index (χ1n) is 10.3. The van der Waals surface area contributed by atoms with Gasteiger partial charge in [0, 0.05) is 37.9 Å². The third kappa shape index (κ3) is 3.43. The largest absolute Gasteiger partial charge is 0.353 e. The number of halogens is 1. The van der Waals surface area contributed by atoms with Crippen molar-refractivity contribution in [2.24, 2.45) is 0 Å². The van der Waals surface area contributed by atoms with Gasteiger partial charge in [-0.1, -0.05) is 42.5 Å². The van der Waals surface area contributed by atoms with Crippen LogP contribution in [0.5, 0.6) is 0 Å². The molecule has 0 bridgehead atoms. The van der Waals surface area contributed by atoms with Crippen LogP contribution in [0.4, 0.5) is 10.2 Å². The zero-order chi connectivity index (χ0) is 20.6. The van der Waals surface area contributed by atoms with Gasteiger partial charge in [-0.3, -0.25) is 4.79 Å². The molecular weight excluding hydrogens is 379 g/mol. The van der Waals surface area contributed by atoms with E-state index in [4.69, 9.17) is 4.98 Å². The second kappa shape index (κ2) is 7.52. The molecule has 1 saturated heterocycles. The zero-order valence-corrected chi connectivity index (χ0v) is 16.7. The van der Waals surface area contributed by atoms with Gasteiger partial charge in [-0.15, -0.1) is 0 Å². The van der Waals surface area contributed by atoms with Crippen LogP contribution in [0.15, 0.2) is 66.9 Å². The van der Waals surface area contributed by atoms with Crippen molar-refractivity contribution in [1.82, 2.24) is 14.9 Å². The molecule has 0 unspecified atom stereocenters. The van der Waals surface area contributed by atoms with Crippen LogP contribution in [0.2, 0.25) is 0 Å². The first kappa shape index (κ1) is 18.7. The van der Waals surface area contributed by atoms with E-state index in [0.717, 1.165) is 42.9 Å². The normalized spacial score (nSPS) is 17.6. The molecule has 2 heterocycles. The summed E-state index contributed by atoms with van der Waals surface area (Å²) in [6.07, 6.45) is 3.46. The SMILES string of the molecule is O=C(N1CCN(c2ccnc(-c3ccccc3)n2)CC1)C1(c2ccc(F)cc2)CC1. The van der Waals surface area contributed by atoms with Crippen molar-refractivity contribution < 1.29 is 9.18 Å². The van der Waals surface area contributed by atoms with Crippen LogP contribution in [0.1, 0.15) is 18.4 Å². The van der Waals surface area contributed by atoms with Crippen molar-refractivity contribution in [3.05, 3.63) is 78.2 Å². The maximum atomic E-state index is 13.3. The summed E-state index contributed by atoms with van der Waals surface area (Å²) in [4.78, 5) is 26.5. The maximum absolute atomic E-state index is 13.3. The fourth-order valence-corrected chi connectivity index (χ4v) is 4.21. The minimum absolute atomic E-state index is 0.168. The summed E-state index contributed by atoms with van der Waals surface area (Å²) in [7, 11) is 0. The van der Waals surface area contributed by atoms with Gasteiger partial charge in [0.1, 0.15) is 11.6 Å². The second-order valence-electron chi connectivity index (χ2n) is 7.97. The fraction of sp³-hybridized carbons (Fsp3) is 0.292. The first-order valence-corrected chi connectivity index (χ1v) is 10.3. The Hall–Kier alpha value is -3.28. The van der Waals surface area contributed by atoms with E-state index in [1.54, 1.807) is 18.3 Å². The molecule has 1 amide bonds. The van der Waals surface area contributed by atoms with Gasteiger partial charge in [0.15, 0.2) is 5.82 Å². The minimum atomic E-state index is -0.453. The molecule has 0 radical (unpaired) electrons. The summed E-state index contributed by atoms with van der Waals surface area (Å²) in [5.74, 6) is 1.49. The second-order valence-corrected chi connectivity index (χ2v) is 7.97. The Labute approximate surface area is 175 Å². The number of hydrogen-bond donors (Lipinski definition) is 0. The molecule has 6 heteroatoms. The van der Waals surface area contributed by atoms with Gasteiger partial charge in [-0.2, -0.15) is 0 Å². The number of anilines is 1. The van der Waals surface area contributed by atoms with Crippen molar-refractivity contribution in [1.29, 1.82) is 0 Å². The molecule has 5 nitrogen and oxygen atoms in total. The van der Waals surface area contributed by atoms with Crippen molar-refractivity contribution in [3.63, 3.8) is 0 Å². The standard InChI is InChI=1S/C24H23FN4O/c25-20-8-6-19(7-9-20)24(11-12-24)23(30)29-16-14-28(15-17-29)21-10-13-26-22(27-21)18-4-2-1-3-5-18/h1-10,13H,11-12,14-17H2. The van der Waals surface area contributed by atoms with E-state index in [9.17, 15) is 9.18 Å². The average Bonchev–Trinajstić information content (AvgIpc) is 3.62. The van der Waals surface area contributed by atoms with Crippen LogP contribution in [-0.4, -0.2) is 47.0 Å². The van der Waals surface area contributed by atoms with E-state index in [1.165, 1.54) is 12.1 Å². The number of hydrogen-bond acceptors (Lipinski definition) is 4.